The van der Waals surface area contributed by atoms with Crippen LogP contribution in [0, 0.1) is 0 Å². The summed E-state index contributed by atoms with van der Waals surface area (Å²) < 4.78 is 7.03. The molecule has 0 unspecified atom stereocenters. The van der Waals surface area contributed by atoms with Crippen LogP contribution in [0.4, 0.5) is 11.4 Å². The van der Waals surface area contributed by atoms with E-state index in [0.717, 1.165) is 50.1 Å². The molecule has 2 aliphatic heterocycles. The van der Waals surface area contributed by atoms with E-state index in [1.54, 1.807) is 0 Å². The molecule has 7 heteroatoms. The molecule has 2 heterocycles. The van der Waals surface area contributed by atoms with Crippen molar-refractivity contribution in [3.05, 3.63) is 132 Å². The Bertz CT molecular complexity index is 1970. The Morgan fingerprint density at radius 3 is 2.18 bits per heavy atom. The standard InChI is InChI=1S/C42H47N3O3S/c1-41(2)37(44(28-14-15-30-49-48-47-46)35-25-23-31-17-10-12-19-33(31)39(35)41)21-8-6-5-7-9-22-38-42(3,4)40-34-20-13-11-18-32(34)24-26-36(40)45(38)29-16-27-43/h5-13,17-26H,14-16,27-30,43H2,1-4H3/p+1. The van der Waals surface area contributed by atoms with Crippen LogP contribution in [0.3, 0.4) is 0 Å². The fraction of sp³-hybridized carbons (Fsp3) is 0.310. The van der Waals surface area contributed by atoms with E-state index in [-0.39, 0.29) is 10.8 Å². The molecule has 0 fully saturated rings. The Balaban J connectivity index is 1.23. The van der Waals surface area contributed by atoms with Crippen molar-refractivity contribution >= 4 is 50.7 Å². The molecule has 0 aromatic heterocycles. The Kier molecular flexibility index (Phi) is 10.9. The third kappa shape index (κ3) is 6.91. The summed E-state index contributed by atoms with van der Waals surface area (Å²) >= 11 is 1.12. The SMILES string of the molecule is CC1(C)C(=CC=CC=CC=CC2=[N+](CCCN)c3ccc4ccccc4c3C2(C)C)N(CCCCSOOO)c2ccc3ccccc3c21. The number of rotatable bonds is 14. The summed E-state index contributed by atoms with van der Waals surface area (Å²) in [5.41, 5.74) is 13.6. The minimum atomic E-state index is -0.163. The van der Waals surface area contributed by atoms with E-state index >= 15 is 0 Å². The minimum absolute atomic E-state index is 0.135. The van der Waals surface area contributed by atoms with Crippen molar-refractivity contribution in [1.29, 1.82) is 0 Å². The van der Waals surface area contributed by atoms with E-state index in [2.05, 4.69) is 162 Å². The second kappa shape index (κ2) is 15.3. The second-order valence-corrected chi connectivity index (χ2v) is 14.6. The molecule has 0 radical (unpaired) electrons. The van der Waals surface area contributed by atoms with Crippen LogP contribution < -0.4 is 10.6 Å². The van der Waals surface area contributed by atoms with Crippen LogP contribution in [0.15, 0.2) is 121 Å². The molecule has 0 bridgehead atoms. The maximum Gasteiger partial charge on any atom is 0.210 e. The number of hydrogen-bond acceptors (Lipinski definition) is 6. The molecule has 6 nitrogen and oxygen atoms in total. The normalized spacial score (nSPS) is 17.6. The van der Waals surface area contributed by atoms with Gasteiger partial charge in [0.2, 0.25) is 5.69 Å². The Morgan fingerprint density at radius 1 is 0.776 bits per heavy atom. The lowest BCUT2D eigenvalue weighted by molar-refractivity contribution is -0.437. The van der Waals surface area contributed by atoms with Crippen LogP contribution in [0.2, 0.25) is 0 Å². The molecule has 0 atom stereocenters. The van der Waals surface area contributed by atoms with Crippen molar-refractivity contribution in [1.82, 2.24) is 0 Å². The number of benzene rings is 4. The van der Waals surface area contributed by atoms with Gasteiger partial charge in [-0.15, -0.1) is 4.33 Å². The van der Waals surface area contributed by atoms with Gasteiger partial charge in [-0.25, -0.2) is 5.26 Å². The quantitative estimate of drug-likeness (QED) is 0.0347. The third-order valence-electron chi connectivity index (χ3n) is 9.98. The smallest absolute Gasteiger partial charge is 0.210 e. The van der Waals surface area contributed by atoms with E-state index in [4.69, 9.17) is 11.0 Å². The molecule has 49 heavy (non-hydrogen) atoms. The van der Waals surface area contributed by atoms with Gasteiger partial charge in [0.25, 0.3) is 0 Å². The maximum absolute atomic E-state index is 8.43. The lowest BCUT2D eigenvalue weighted by atomic mass is 9.79. The number of nitrogens with two attached hydrogens (primary N) is 1. The van der Waals surface area contributed by atoms with Crippen LogP contribution in [0.1, 0.15) is 58.1 Å². The molecule has 3 N–H and O–H groups in total. The molecule has 0 amide bonds. The number of hydrogen-bond donors (Lipinski definition) is 2. The molecule has 4 aromatic carbocycles. The Labute approximate surface area is 295 Å². The topological polar surface area (TPSA) is 71.0 Å². The summed E-state index contributed by atoms with van der Waals surface area (Å²) in [5, 5.41) is 17.3. The van der Waals surface area contributed by atoms with E-state index in [1.165, 1.54) is 55.5 Å². The molecule has 0 saturated carbocycles. The van der Waals surface area contributed by atoms with Crippen LogP contribution in [-0.2, 0) is 20.2 Å². The predicted molar refractivity (Wildman–Crippen MR) is 207 cm³/mol. The maximum atomic E-state index is 8.43. The first-order chi connectivity index (χ1) is 23.8. The van der Waals surface area contributed by atoms with Crippen LogP contribution in [-0.4, -0.2) is 40.9 Å². The van der Waals surface area contributed by atoms with Gasteiger partial charge in [-0.05, 0) is 78.6 Å². The van der Waals surface area contributed by atoms with Gasteiger partial charge >= 0.3 is 0 Å². The van der Waals surface area contributed by atoms with Crippen molar-refractivity contribution in [3.63, 3.8) is 0 Å². The molecular weight excluding hydrogens is 627 g/mol. The van der Waals surface area contributed by atoms with Gasteiger partial charge in [0, 0.05) is 65.3 Å². The van der Waals surface area contributed by atoms with Gasteiger partial charge < -0.3 is 10.6 Å². The van der Waals surface area contributed by atoms with Crippen LogP contribution in [0.25, 0.3) is 21.5 Å². The molecule has 6 rings (SSSR count). The third-order valence-corrected chi connectivity index (χ3v) is 10.6. The van der Waals surface area contributed by atoms with Crippen molar-refractivity contribution in [2.24, 2.45) is 5.73 Å². The van der Waals surface area contributed by atoms with Gasteiger partial charge in [-0.3, -0.25) is 0 Å². The fourth-order valence-corrected chi connectivity index (χ4v) is 8.21. The summed E-state index contributed by atoms with van der Waals surface area (Å²) in [5.74, 6) is 0.740. The van der Waals surface area contributed by atoms with E-state index < -0.39 is 0 Å². The van der Waals surface area contributed by atoms with Gasteiger partial charge in [0.05, 0.1) is 5.41 Å². The van der Waals surface area contributed by atoms with Gasteiger partial charge in [0.15, 0.2) is 12.3 Å². The molecular formula is C42H48N3O3S+. The summed E-state index contributed by atoms with van der Waals surface area (Å²) in [6, 6.07) is 26.4. The summed E-state index contributed by atoms with van der Waals surface area (Å²) in [4.78, 5) is 2.47. The van der Waals surface area contributed by atoms with Crippen molar-refractivity contribution in [2.45, 2.75) is 57.8 Å². The number of unbranched alkanes of at least 4 members (excludes halogenated alkanes) is 1. The first-order valence-electron chi connectivity index (χ1n) is 17.3. The largest absolute Gasteiger partial charge is 0.344 e. The summed E-state index contributed by atoms with van der Waals surface area (Å²) in [6.07, 6.45) is 18.1. The Hall–Kier alpha value is -3.98. The molecule has 2 aliphatic rings. The predicted octanol–water partition coefficient (Wildman–Crippen LogP) is 9.92. The number of anilines is 1. The second-order valence-electron chi connectivity index (χ2n) is 13.8. The van der Waals surface area contributed by atoms with E-state index in [0.29, 0.717) is 6.54 Å². The first kappa shape index (κ1) is 34.9. The van der Waals surface area contributed by atoms with Gasteiger partial charge in [-0.1, -0.05) is 104 Å². The lowest BCUT2D eigenvalue weighted by Crippen LogP contribution is -2.28. The number of allylic oxidation sites excluding steroid dienone is 8. The van der Waals surface area contributed by atoms with Crippen LogP contribution in [0.5, 0.6) is 0 Å². The lowest BCUT2D eigenvalue weighted by Gasteiger charge is -2.27. The molecule has 0 saturated heterocycles. The molecule has 254 valence electrons. The fourth-order valence-electron chi connectivity index (χ4n) is 7.77. The highest BCUT2D eigenvalue weighted by Gasteiger charge is 2.45. The van der Waals surface area contributed by atoms with Crippen molar-refractivity contribution < 1.29 is 19.2 Å². The number of nitrogens with zero attached hydrogens (tertiary/aromatic N) is 2. The molecule has 4 aromatic rings. The highest BCUT2D eigenvalue weighted by atomic mass is 32.2. The summed E-state index contributed by atoms with van der Waals surface area (Å²) in [7, 11) is 0. The highest BCUT2D eigenvalue weighted by Crippen LogP contribution is 2.51. The molecule has 0 spiro atoms. The van der Waals surface area contributed by atoms with Crippen LogP contribution >= 0.6 is 12.0 Å². The van der Waals surface area contributed by atoms with Gasteiger partial charge in [-0.2, -0.15) is 4.58 Å². The zero-order valence-corrected chi connectivity index (χ0v) is 29.9. The Morgan fingerprint density at radius 2 is 1.45 bits per heavy atom. The van der Waals surface area contributed by atoms with E-state index in [1.807, 2.05) is 0 Å². The average molecular weight is 675 g/mol. The van der Waals surface area contributed by atoms with E-state index in [9.17, 15) is 0 Å². The average Bonchev–Trinajstić information content (AvgIpc) is 3.46. The monoisotopic (exact) mass is 674 g/mol. The first-order valence-corrected chi connectivity index (χ1v) is 18.2. The molecule has 0 aliphatic carbocycles. The van der Waals surface area contributed by atoms with Crippen molar-refractivity contribution in [2.75, 3.05) is 30.3 Å². The summed E-state index contributed by atoms with van der Waals surface area (Å²) in [6.45, 7) is 11.8. The number of fused-ring (bicyclic) bond motifs is 6. The zero-order valence-electron chi connectivity index (χ0n) is 29.1. The zero-order chi connectivity index (χ0) is 34.4. The highest BCUT2D eigenvalue weighted by molar-refractivity contribution is 7.94. The van der Waals surface area contributed by atoms with Gasteiger partial charge in [0.1, 0.15) is 0 Å². The minimum Gasteiger partial charge on any atom is -0.344 e. The van der Waals surface area contributed by atoms with Crippen molar-refractivity contribution in [3.8, 4) is 0 Å².